The standard InChI is InChI=1S/C12H13Cl2NO4/c13-8-3-1-6(2-4-10(16)17)7(11(8)14)5-9(15)12(18)19/h1,3,9H,2,4-5,15H2,(H,16,17)(H,18,19). The first-order valence-electron chi connectivity index (χ1n) is 5.49. The molecule has 19 heavy (non-hydrogen) atoms. The molecule has 0 aliphatic carbocycles. The summed E-state index contributed by atoms with van der Waals surface area (Å²) in [5.74, 6) is -2.10. The molecule has 1 unspecified atom stereocenters. The van der Waals surface area contributed by atoms with Crippen LogP contribution < -0.4 is 5.73 Å². The first-order chi connectivity index (χ1) is 8.82. The Morgan fingerprint density at radius 3 is 2.42 bits per heavy atom. The number of aliphatic carboxylic acids is 2. The van der Waals surface area contributed by atoms with Crippen LogP contribution in [0.2, 0.25) is 10.0 Å². The monoisotopic (exact) mass is 305 g/mol. The predicted molar refractivity (Wildman–Crippen MR) is 71.7 cm³/mol. The average molecular weight is 306 g/mol. The second-order valence-corrected chi connectivity index (χ2v) is 4.83. The van der Waals surface area contributed by atoms with Gasteiger partial charge in [0, 0.05) is 12.8 Å². The summed E-state index contributed by atoms with van der Waals surface area (Å²) in [6.45, 7) is 0. The van der Waals surface area contributed by atoms with Crippen LogP contribution in [0.25, 0.3) is 0 Å². The highest BCUT2D eigenvalue weighted by Crippen LogP contribution is 2.30. The minimum absolute atomic E-state index is 0.00365. The van der Waals surface area contributed by atoms with Crippen molar-refractivity contribution in [2.45, 2.75) is 25.3 Å². The van der Waals surface area contributed by atoms with Gasteiger partial charge in [0.05, 0.1) is 10.0 Å². The Hall–Kier alpha value is -1.30. The Labute approximate surface area is 119 Å². The molecule has 0 radical (unpaired) electrons. The Kier molecular flexibility index (Phi) is 5.60. The fraction of sp³-hybridized carbons (Fsp3) is 0.333. The molecular formula is C12H13Cl2NO4. The highest BCUT2D eigenvalue weighted by atomic mass is 35.5. The van der Waals surface area contributed by atoms with Crippen LogP contribution in [0.3, 0.4) is 0 Å². The van der Waals surface area contributed by atoms with Crippen molar-refractivity contribution < 1.29 is 19.8 Å². The number of rotatable bonds is 6. The van der Waals surface area contributed by atoms with Crippen LogP contribution >= 0.6 is 23.2 Å². The van der Waals surface area contributed by atoms with Crippen molar-refractivity contribution in [2.75, 3.05) is 0 Å². The normalized spacial score (nSPS) is 12.2. The molecule has 1 aromatic carbocycles. The second-order valence-electron chi connectivity index (χ2n) is 4.04. The van der Waals surface area contributed by atoms with Gasteiger partial charge in [-0.25, -0.2) is 0 Å². The minimum atomic E-state index is -1.15. The van der Waals surface area contributed by atoms with E-state index in [2.05, 4.69) is 0 Å². The molecule has 0 bridgehead atoms. The van der Waals surface area contributed by atoms with Crippen molar-refractivity contribution in [3.63, 3.8) is 0 Å². The van der Waals surface area contributed by atoms with E-state index in [0.717, 1.165) is 0 Å². The van der Waals surface area contributed by atoms with Gasteiger partial charge >= 0.3 is 11.9 Å². The molecule has 0 fully saturated rings. The maximum Gasteiger partial charge on any atom is 0.320 e. The van der Waals surface area contributed by atoms with Gasteiger partial charge in [0.1, 0.15) is 6.04 Å². The first-order valence-corrected chi connectivity index (χ1v) is 6.24. The minimum Gasteiger partial charge on any atom is -0.481 e. The lowest BCUT2D eigenvalue weighted by molar-refractivity contribution is -0.139. The zero-order valence-electron chi connectivity index (χ0n) is 9.90. The number of halogens is 2. The van der Waals surface area contributed by atoms with Crippen LogP contribution in [0.5, 0.6) is 0 Å². The molecule has 5 nitrogen and oxygen atoms in total. The molecule has 0 saturated carbocycles. The third-order valence-corrected chi connectivity index (χ3v) is 3.49. The fourth-order valence-corrected chi connectivity index (χ4v) is 2.07. The molecule has 0 aliphatic heterocycles. The smallest absolute Gasteiger partial charge is 0.320 e. The van der Waals surface area contributed by atoms with Crippen molar-refractivity contribution in [2.24, 2.45) is 5.73 Å². The number of carboxylic acid groups (broad SMARTS) is 2. The summed E-state index contributed by atoms with van der Waals surface area (Å²) in [5, 5.41) is 18.0. The number of carboxylic acids is 2. The van der Waals surface area contributed by atoms with Gasteiger partial charge in [-0.15, -0.1) is 0 Å². The van der Waals surface area contributed by atoms with Gasteiger partial charge in [0.25, 0.3) is 0 Å². The zero-order valence-corrected chi connectivity index (χ0v) is 11.4. The van der Waals surface area contributed by atoms with Gasteiger partial charge in [0.15, 0.2) is 0 Å². The maximum atomic E-state index is 10.8. The van der Waals surface area contributed by atoms with E-state index in [9.17, 15) is 9.59 Å². The maximum absolute atomic E-state index is 10.8. The van der Waals surface area contributed by atoms with Crippen molar-refractivity contribution >= 4 is 35.1 Å². The van der Waals surface area contributed by atoms with E-state index in [-0.39, 0.29) is 29.3 Å². The molecule has 0 heterocycles. The van der Waals surface area contributed by atoms with Gasteiger partial charge in [0.2, 0.25) is 0 Å². The molecule has 0 saturated heterocycles. The van der Waals surface area contributed by atoms with E-state index in [1.807, 2.05) is 0 Å². The molecule has 104 valence electrons. The van der Waals surface area contributed by atoms with Crippen molar-refractivity contribution in [3.8, 4) is 0 Å². The van der Waals surface area contributed by atoms with Gasteiger partial charge in [-0.05, 0) is 23.6 Å². The number of carbonyl (C=O) groups is 2. The Bertz CT molecular complexity index is 505. The number of hydrogen-bond donors (Lipinski definition) is 3. The van der Waals surface area contributed by atoms with E-state index in [1.165, 1.54) is 0 Å². The second kappa shape index (κ2) is 6.75. The van der Waals surface area contributed by atoms with E-state index in [1.54, 1.807) is 12.1 Å². The fourth-order valence-electron chi connectivity index (χ4n) is 1.64. The van der Waals surface area contributed by atoms with E-state index in [0.29, 0.717) is 11.1 Å². The third-order valence-electron chi connectivity index (χ3n) is 2.64. The van der Waals surface area contributed by atoms with Crippen LogP contribution in [0.4, 0.5) is 0 Å². The van der Waals surface area contributed by atoms with Crippen molar-refractivity contribution in [3.05, 3.63) is 33.3 Å². The highest BCUT2D eigenvalue weighted by Gasteiger charge is 2.18. The van der Waals surface area contributed by atoms with Gasteiger partial charge in [-0.2, -0.15) is 0 Å². The summed E-state index contributed by atoms with van der Waals surface area (Å²) in [4.78, 5) is 21.4. The van der Waals surface area contributed by atoms with Crippen molar-refractivity contribution in [1.29, 1.82) is 0 Å². The lowest BCUT2D eigenvalue weighted by atomic mass is 9.97. The quantitative estimate of drug-likeness (QED) is 0.746. The highest BCUT2D eigenvalue weighted by molar-refractivity contribution is 6.42. The lowest BCUT2D eigenvalue weighted by Gasteiger charge is -2.14. The topological polar surface area (TPSA) is 101 Å². The molecule has 0 spiro atoms. The molecule has 0 amide bonds. The van der Waals surface area contributed by atoms with Crippen molar-refractivity contribution in [1.82, 2.24) is 0 Å². The van der Waals surface area contributed by atoms with Gasteiger partial charge in [-0.3, -0.25) is 9.59 Å². The molecule has 1 atom stereocenters. The summed E-state index contributed by atoms with van der Waals surface area (Å²) >= 11 is 11.9. The predicted octanol–water partition coefficient (Wildman–Crippen LogP) is 1.97. The largest absolute Gasteiger partial charge is 0.481 e. The summed E-state index contributed by atoms with van der Waals surface area (Å²) in [5.41, 5.74) is 6.61. The van der Waals surface area contributed by atoms with Crippen LogP contribution in [0.1, 0.15) is 17.5 Å². The summed E-state index contributed by atoms with van der Waals surface area (Å²) in [7, 11) is 0. The Morgan fingerprint density at radius 2 is 1.89 bits per heavy atom. The summed E-state index contributed by atoms with van der Waals surface area (Å²) in [6, 6.07) is 2.08. The van der Waals surface area contributed by atoms with E-state index in [4.69, 9.17) is 39.1 Å². The number of aryl methyl sites for hydroxylation is 1. The Morgan fingerprint density at radius 1 is 1.26 bits per heavy atom. The number of nitrogens with two attached hydrogens (primary N) is 1. The molecular weight excluding hydrogens is 293 g/mol. The van der Waals surface area contributed by atoms with Crippen LogP contribution in [0.15, 0.2) is 12.1 Å². The van der Waals surface area contributed by atoms with Gasteiger partial charge < -0.3 is 15.9 Å². The third kappa shape index (κ3) is 4.38. The molecule has 0 aromatic heterocycles. The average Bonchev–Trinajstić information content (AvgIpc) is 2.33. The molecule has 7 heteroatoms. The SMILES string of the molecule is NC(Cc1c(CCC(=O)O)ccc(Cl)c1Cl)C(=O)O. The zero-order chi connectivity index (χ0) is 14.6. The number of benzene rings is 1. The van der Waals surface area contributed by atoms with Gasteiger partial charge in [-0.1, -0.05) is 29.3 Å². The molecule has 0 aliphatic rings. The number of hydrogen-bond acceptors (Lipinski definition) is 3. The first kappa shape index (κ1) is 15.8. The van der Waals surface area contributed by atoms with Crippen LogP contribution in [-0.4, -0.2) is 28.2 Å². The van der Waals surface area contributed by atoms with E-state index < -0.39 is 18.0 Å². The molecule has 1 rings (SSSR count). The van der Waals surface area contributed by atoms with Crippen LogP contribution in [0, 0.1) is 0 Å². The molecule has 1 aromatic rings. The molecule has 4 N–H and O–H groups in total. The summed E-state index contributed by atoms with van der Waals surface area (Å²) < 4.78 is 0. The summed E-state index contributed by atoms with van der Waals surface area (Å²) in [6.07, 6.45) is 0.171. The van der Waals surface area contributed by atoms with E-state index >= 15 is 0 Å². The van der Waals surface area contributed by atoms with Crippen LogP contribution in [-0.2, 0) is 22.4 Å². The lowest BCUT2D eigenvalue weighted by Crippen LogP contribution is -2.32. The Balaban J connectivity index is 3.06.